The minimum atomic E-state index is -0.543. The van der Waals surface area contributed by atoms with E-state index in [0.29, 0.717) is 6.42 Å². The molecule has 0 aliphatic carbocycles. The number of hydrogen-bond donors (Lipinski definition) is 1. The van der Waals surface area contributed by atoms with Gasteiger partial charge in [0, 0.05) is 36.6 Å². The molecule has 17 heavy (non-hydrogen) atoms. The van der Waals surface area contributed by atoms with Gasteiger partial charge in [0.15, 0.2) is 0 Å². The fourth-order valence-electron chi connectivity index (χ4n) is 2.09. The van der Waals surface area contributed by atoms with E-state index < -0.39 is 6.10 Å². The predicted octanol–water partition coefficient (Wildman–Crippen LogP) is 1.71. The average Bonchev–Trinajstić information content (AvgIpc) is 2.54. The minimum Gasteiger partial charge on any atom is -0.388 e. The molecular formula is C13H17N3O. The van der Waals surface area contributed by atoms with Crippen molar-refractivity contribution in [3.8, 4) is 0 Å². The third-order valence-corrected chi connectivity index (χ3v) is 3.03. The molecule has 1 unspecified atom stereocenters. The topological polar surface area (TPSA) is 50.9 Å². The number of aryl methyl sites for hydroxylation is 2. The Morgan fingerprint density at radius 2 is 2.12 bits per heavy atom. The quantitative estimate of drug-likeness (QED) is 0.874. The van der Waals surface area contributed by atoms with Crippen molar-refractivity contribution in [2.45, 2.75) is 26.4 Å². The number of aliphatic hydroxyl groups is 1. The summed E-state index contributed by atoms with van der Waals surface area (Å²) in [5.74, 6) is 0. The van der Waals surface area contributed by atoms with Gasteiger partial charge in [0.2, 0.25) is 0 Å². The Morgan fingerprint density at radius 3 is 2.65 bits per heavy atom. The van der Waals surface area contributed by atoms with Crippen molar-refractivity contribution in [3.63, 3.8) is 0 Å². The first-order chi connectivity index (χ1) is 8.09. The highest BCUT2D eigenvalue weighted by Crippen LogP contribution is 2.23. The molecule has 90 valence electrons. The fourth-order valence-corrected chi connectivity index (χ4v) is 2.09. The molecule has 0 aromatic carbocycles. The van der Waals surface area contributed by atoms with Crippen molar-refractivity contribution in [2.75, 3.05) is 0 Å². The van der Waals surface area contributed by atoms with E-state index in [1.807, 2.05) is 39.1 Å². The van der Waals surface area contributed by atoms with E-state index in [9.17, 15) is 5.11 Å². The van der Waals surface area contributed by atoms with Gasteiger partial charge in [0.05, 0.1) is 11.8 Å². The molecule has 2 aromatic heterocycles. The first kappa shape index (κ1) is 11.8. The van der Waals surface area contributed by atoms with E-state index in [1.54, 1.807) is 10.9 Å². The molecule has 0 saturated carbocycles. The van der Waals surface area contributed by atoms with Crippen LogP contribution in [0.4, 0.5) is 0 Å². The Labute approximate surface area is 101 Å². The molecule has 0 bridgehead atoms. The van der Waals surface area contributed by atoms with Crippen LogP contribution in [-0.2, 0) is 13.5 Å². The van der Waals surface area contributed by atoms with E-state index in [2.05, 4.69) is 10.1 Å². The molecule has 2 aromatic rings. The van der Waals surface area contributed by atoms with Crippen LogP contribution < -0.4 is 0 Å². The zero-order chi connectivity index (χ0) is 12.4. The van der Waals surface area contributed by atoms with Gasteiger partial charge in [-0.1, -0.05) is 6.07 Å². The fraction of sp³-hybridized carbons (Fsp3) is 0.385. The summed E-state index contributed by atoms with van der Waals surface area (Å²) in [6.45, 7) is 3.89. The smallest absolute Gasteiger partial charge is 0.0881 e. The van der Waals surface area contributed by atoms with Crippen LogP contribution in [0.1, 0.15) is 28.7 Å². The first-order valence-corrected chi connectivity index (χ1v) is 5.67. The molecule has 0 radical (unpaired) electrons. The highest BCUT2D eigenvalue weighted by molar-refractivity contribution is 5.28. The Hall–Kier alpha value is -1.68. The molecule has 1 N–H and O–H groups in total. The standard InChI is InChI=1S/C13H17N3O/c1-9-13(10(2)16(3)15-9)12(17)8-11-6-4-5-7-14-11/h4-7,12,17H,8H2,1-3H3. The molecule has 1 atom stereocenters. The number of nitrogens with zero attached hydrogens (tertiary/aromatic N) is 3. The molecule has 0 amide bonds. The molecule has 0 aliphatic rings. The summed E-state index contributed by atoms with van der Waals surface area (Å²) in [5, 5.41) is 14.6. The number of aliphatic hydroxyl groups excluding tert-OH is 1. The number of rotatable bonds is 3. The lowest BCUT2D eigenvalue weighted by molar-refractivity contribution is 0.175. The average molecular weight is 231 g/mol. The van der Waals surface area contributed by atoms with Crippen molar-refractivity contribution in [2.24, 2.45) is 7.05 Å². The lowest BCUT2D eigenvalue weighted by Crippen LogP contribution is -2.06. The van der Waals surface area contributed by atoms with Gasteiger partial charge in [0.25, 0.3) is 0 Å². The van der Waals surface area contributed by atoms with Gasteiger partial charge in [-0.2, -0.15) is 5.10 Å². The minimum absolute atomic E-state index is 0.522. The second kappa shape index (κ2) is 4.67. The van der Waals surface area contributed by atoms with E-state index in [1.165, 1.54) is 0 Å². The highest BCUT2D eigenvalue weighted by Gasteiger charge is 2.18. The maximum atomic E-state index is 10.3. The Kier molecular flexibility index (Phi) is 3.24. The summed E-state index contributed by atoms with van der Waals surface area (Å²) < 4.78 is 1.80. The SMILES string of the molecule is Cc1nn(C)c(C)c1C(O)Cc1ccccn1. The van der Waals surface area contributed by atoms with Gasteiger partial charge >= 0.3 is 0 Å². The Morgan fingerprint density at radius 1 is 1.35 bits per heavy atom. The predicted molar refractivity (Wildman–Crippen MR) is 65.6 cm³/mol. The largest absolute Gasteiger partial charge is 0.388 e. The zero-order valence-electron chi connectivity index (χ0n) is 10.4. The van der Waals surface area contributed by atoms with Gasteiger partial charge in [-0.25, -0.2) is 0 Å². The van der Waals surface area contributed by atoms with Gasteiger partial charge < -0.3 is 5.11 Å². The van der Waals surface area contributed by atoms with Gasteiger partial charge in [-0.05, 0) is 26.0 Å². The summed E-state index contributed by atoms with van der Waals surface area (Å²) >= 11 is 0. The molecule has 2 heterocycles. The van der Waals surface area contributed by atoms with Crippen LogP contribution in [-0.4, -0.2) is 19.9 Å². The van der Waals surface area contributed by atoms with Crippen molar-refractivity contribution >= 4 is 0 Å². The van der Waals surface area contributed by atoms with Gasteiger partial charge in [0.1, 0.15) is 0 Å². The maximum Gasteiger partial charge on any atom is 0.0881 e. The van der Waals surface area contributed by atoms with Crippen LogP contribution in [0.15, 0.2) is 24.4 Å². The van der Waals surface area contributed by atoms with Gasteiger partial charge in [-0.3, -0.25) is 9.67 Å². The molecule has 0 saturated heterocycles. The Balaban J connectivity index is 2.23. The summed E-state index contributed by atoms with van der Waals surface area (Å²) in [5.41, 5.74) is 3.69. The molecule has 0 fully saturated rings. The molecule has 0 spiro atoms. The summed E-state index contributed by atoms with van der Waals surface area (Å²) in [4.78, 5) is 4.22. The second-order valence-corrected chi connectivity index (χ2v) is 4.25. The lowest BCUT2D eigenvalue weighted by atomic mass is 10.0. The molecule has 4 nitrogen and oxygen atoms in total. The van der Waals surface area contributed by atoms with Crippen LogP contribution in [0, 0.1) is 13.8 Å². The Bertz CT molecular complexity index is 505. The van der Waals surface area contributed by atoms with Crippen LogP contribution in [0.3, 0.4) is 0 Å². The normalized spacial score (nSPS) is 12.7. The van der Waals surface area contributed by atoms with E-state index in [4.69, 9.17) is 0 Å². The number of pyridine rings is 1. The van der Waals surface area contributed by atoms with Crippen molar-refractivity contribution in [1.29, 1.82) is 0 Å². The zero-order valence-corrected chi connectivity index (χ0v) is 10.4. The van der Waals surface area contributed by atoms with E-state index in [-0.39, 0.29) is 0 Å². The summed E-state index contributed by atoms with van der Waals surface area (Å²) in [6.07, 6.45) is 1.72. The molecular weight excluding hydrogens is 214 g/mol. The molecule has 2 rings (SSSR count). The van der Waals surface area contributed by atoms with Gasteiger partial charge in [-0.15, -0.1) is 0 Å². The third kappa shape index (κ3) is 2.36. The molecule has 4 heteroatoms. The lowest BCUT2D eigenvalue weighted by Gasteiger charge is -2.10. The highest BCUT2D eigenvalue weighted by atomic mass is 16.3. The van der Waals surface area contributed by atoms with E-state index in [0.717, 1.165) is 22.6 Å². The van der Waals surface area contributed by atoms with Crippen LogP contribution in [0.5, 0.6) is 0 Å². The van der Waals surface area contributed by atoms with Crippen molar-refractivity contribution < 1.29 is 5.11 Å². The number of hydrogen-bond acceptors (Lipinski definition) is 3. The third-order valence-electron chi connectivity index (χ3n) is 3.03. The monoisotopic (exact) mass is 231 g/mol. The first-order valence-electron chi connectivity index (χ1n) is 5.67. The molecule has 0 aliphatic heterocycles. The van der Waals surface area contributed by atoms with E-state index >= 15 is 0 Å². The van der Waals surface area contributed by atoms with Crippen LogP contribution in [0.2, 0.25) is 0 Å². The van der Waals surface area contributed by atoms with Crippen molar-refractivity contribution in [1.82, 2.24) is 14.8 Å². The number of aromatic nitrogens is 3. The summed E-state index contributed by atoms with van der Waals surface area (Å²) in [6, 6.07) is 5.72. The maximum absolute atomic E-state index is 10.3. The van der Waals surface area contributed by atoms with Crippen molar-refractivity contribution in [3.05, 3.63) is 47.0 Å². The summed E-state index contributed by atoms with van der Waals surface area (Å²) in [7, 11) is 1.89. The van der Waals surface area contributed by atoms with Crippen LogP contribution >= 0.6 is 0 Å². The van der Waals surface area contributed by atoms with Crippen LogP contribution in [0.25, 0.3) is 0 Å². The second-order valence-electron chi connectivity index (χ2n) is 4.25.